The molecule has 3 rings (SSSR count). The van der Waals surface area contributed by atoms with Gasteiger partial charge in [-0.15, -0.1) is 11.8 Å². The van der Waals surface area contributed by atoms with Crippen molar-refractivity contribution in [2.24, 2.45) is 0 Å². The molecule has 0 unspecified atom stereocenters. The number of thioether (sulfide) groups is 1. The first kappa shape index (κ1) is 15.6. The fourth-order valence-electron chi connectivity index (χ4n) is 2.61. The molecule has 0 aliphatic heterocycles. The minimum absolute atomic E-state index is 0.242. The molecule has 0 amide bonds. The Morgan fingerprint density at radius 2 is 1.96 bits per heavy atom. The van der Waals surface area contributed by atoms with Gasteiger partial charge in [0, 0.05) is 10.5 Å². The SMILES string of the molecule is COc1ccc(-c2cc(-c3cnoc3)cc(C)c2SC)cc1F. The molecule has 1 aromatic heterocycles. The largest absolute Gasteiger partial charge is 0.494 e. The Hall–Kier alpha value is -2.27. The maximum atomic E-state index is 14.1. The van der Waals surface area contributed by atoms with Crippen molar-refractivity contribution in [3.63, 3.8) is 0 Å². The van der Waals surface area contributed by atoms with Gasteiger partial charge in [0.15, 0.2) is 11.6 Å². The van der Waals surface area contributed by atoms with E-state index in [-0.39, 0.29) is 11.6 Å². The molecule has 2 aromatic carbocycles. The average Bonchev–Trinajstić information content (AvgIpc) is 3.08. The summed E-state index contributed by atoms with van der Waals surface area (Å²) in [5.41, 5.74) is 4.82. The van der Waals surface area contributed by atoms with E-state index < -0.39 is 0 Å². The highest BCUT2D eigenvalue weighted by Gasteiger charge is 2.13. The number of hydrogen-bond acceptors (Lipinski definition) is 4. The number of benzene rings is 2. The second-order valence-electron chi connectivity index (χ2n) is 5.14. The van der Waals surface area contributed by atoms with Crippen LogP contribution in [0.15, 0.2) is 52.2 Å². The molecule has 0 atom stereocenters. The molecule has 0 fully saturated rings. The van der Waals surface area contributed by atoms with Crippen LogP contribution in [0.4, 0.5) is 4.39 Å². The van der Waals surface area contributed by atoms with E-state index in [0.29, 0.717) is 0 Å². The van der Waals surface area contributed by atoms with Crippen LogP contribution in [0.1, 0.15) is 5.56 Å². The normalized spacial score (nSPS) is 10.8. The van der Waals surface area contributed by atoms with Crippen molar-refractivity contribution in [3.8, 4) is 28.0 Å². The molecule has 0 saturated heterocycles. The highest BCUT2D eigenvalue weighted by atomic mass is 32.2. The van der Waals surface area contributed by atoms with E-state index in [0.717, 1.165) is 32.7 Å². The Morgan fingerprint density at radius 1 is 1.13 bits per heavy atom. The lowest BCUT2D eigenvalue weighted by Gasteiger charge is -2.14. The zero-order valence-corrected chi connectivity index (χ0v) is 13.9. The summed E-state index contributed by atoms with van der Waals surface area (Å²) in [6.07, 6.45) is 5.29. The van der Waals surface area contributed by atoms with Gasteiger partial charge in [-0.25, -0.2) is 4.39 Å². The summed E-state index contributed by atoms with van der Waals surface area (Å²) in [6.45, 7) is 2.05. The predicted octanol–water partition coefficient (Wildman–Crippen LogP) is 5.19. The molecule has 1 heterocycles. The summed E-state index contributed by atoms with van der Waals surface area (Å²) in [5, 5.41) is 3.75. The topological polar surface area (TPSA) is 35.3 Å². The van der Waals surface area contributed by atoms with Crippen molar-refractivity contribution in [1.29, 1.82) is 0 Å². The van der Waals surface area contributed by atoms with Crippen LogP contribution < -0.4 is 4.74 Å². The summed E-state index contributed by atoms with van der Waals surface area (Å²) < 4.78 is 24.0. The molecule has 0 aliphatic rings. The Bertz CT molecular complexity index is 831. The first-order chi connectivity index (χ1) is 11.1. The molecule has 0 aliphatic carbocycles. The van der Waals surface area contributed by atoms with Crippen molar-refractivity contribution >= 4 is 11.8 Å². The Morgan fingerprint density at radius 3 is 2.57 bits per heavy atom. The van der Waals surface area contributed by atoms with Gasteiger partial charge >= 0.3 is 0 Å². The summed E-state index contributed by atoms with van der Waals surface area (Å²) >= 11 is 1.65. The maximum Gasteiger partial charge on any atom is 0.165 e. The smallest absolute Gasteiger partial charge is 0.165 e. The molecular weight excluding hydrogens is 313 g/mol. The van der Waals surface area contributed by atoms with Gasteiger partial charge in [0.05, 0.1) is 13.3 Å². The van der Waals surface area contributed by atoms with E-state index in [1.165, 1.54) is 13.2 Å². The van der Waals surface area contributed by atoms with Crippen LogP contribution in [0.3, 0.4) is 0 Å². The van der Waals surface area contributed by atoms with E-state index >= 15 is 0 Å². The van der Waals surface area contributed by atoms with E-state index in [9.17, 15) is 4.39 Å². The third kappa shape index (κ3) is 2.97. The fraction of sp³-hybridized carbons (Fsp3) is 0.167. The van der Waals surface area contributed by atoms with Crippen LogP contribution in [0.2, 0.25) is 0 Å². The summed E-state index contributed by atoms with van der Waals surface area (Å²) in [6, 6.07) is 9.14. The van der Waals surface area contributed by atoms with Gasteiger partial charge in [0.1, 0.15) is 6.26 Å². The van der Waals surface area contributed by atoms with Crippen molar-refractivity contribution < 1.29 is 13.7 Å². The molecule has 0 spiro atoms. The lowest BCUT2D eigenvalue weighted by molar-refractivity contribution is 0.386. The number of methoxy groups -OCH3 is 1. The Kier molecular flexibility index (Phi) is 4.39. The van der Waals surface area contributed by atoms with Gasteiger partial charge in [0.2, 0.25) is 0 Å². The average molecular weight is 329 g/mol. The highest BCUT2D eigenvalue weighted by Crippen LogP contribution is 2.38. The summed E-state index contributed by atoms with van der Waals surface area (Å²) in [7, 11) is 1.46. The van der Waals surface area contributed by atoms with Crippen LogP contribution in [0, 0.1) is 12.7 Å². The predicted molar refractivity (Wildman–Crippen MR) is 90.4 cm³/mol. The number of aromatic nitrogens is 1. The second-order valence-corrected chi connectivity index (χ2v) is 5.95. The van der Waals surface area contributed by atoms with Gasteiger partial charge in [-0.3, -0.25) is 0 Å². The molecule has 5 heteroatoms. The monoisotopic (exact) mass is 329 g/mol. The van der Waals surface area contributed by atoms with E-state index in [2.05, 4.69) is 11.2 Å². The van der Waals surface area contributed by atoms with E-state index in [4.69, 9.17) is 9.26 Å². The van der Waals surface area contributed by atoms with Gasteiger partial charge in [0.25, 0.3) is 0 Å². The number of hydrogen-bond donors (Lipinski definition) is 0. The second kappa shape index (κ2) is 6.46. The van der Waals surface area contributed by atoms with Gasteiger partial charge in [-0.1, -0.05) is 17.3 Å². The van der Waals surface area contributed by atoms with Crippen molar-refractivity contribution in [2.45, 2.75) is 11.8 Å². The fourth-order valence-corrected chi connectivity index (χ4v) is 3.38. The van der Waals surface area contributed by atoms with Gasteiger partial charge in [-0.05, 0) is 53.6 Å². The van der Waals surface area contributed by atoms with Crippen molar-refractivity contribution in [1.82, 2.24) is 5.16 Å². The third-order valence-corrected chi connectivity index (χ3v) is 4.66. The van der Waals surface area contributed by atoms with Crippen LogP contribution >= 0.6 is 11.8 Å². The Labute approximate surface area is 138 Å². The molecule has 118 valence electrons. The minimum Gasteiger partial charge on any atom is -0.494 e. The number of ether oxygens (including phenoxy) is 1. The first-order valence-corrected chi connectivity index (χ1v) is 8.29. The third-order valence-electron chi connectivity index (χ3n) is 3.71. The number of rotatable bonds is 4. The summed E-state index contributed by atoms with van der Waals surface area (Å²) in [5.74, 6) is -0.128. The quantitative estimate of drug-likeness (QED) is 0.617. The maximum absolute atomic E-state index is 14.1. The summed E-state index contributed by atoms with van der Waals surface area (Å²) in [4.78, 5) is 1.12. The van der Waals surface area contributed by atoms with Crippen LogP contribution in [-0.4, -0.2) is 18.5 Å². The van der Waals surface area contributed by atoms with E-state index in [1.54, 1.807) is 30.3 Å². The Balaban J connectivity index is 2.18. The van der Waals surface area contributed by atoms with Crippen LogP contribution in [-0.2, 0) is 0 Å². The van der Waals surface area contributed by atoms with Crippen molar-refractivity contribution in [2.75, 3.05) is 13.4 Å². The zero-order chi connectivity index (χ0) is 16.4. The minimum atomic E-state index is -0.370. The van der Waals surface area contributed by atoms with Crippen LogP contribution in [0.5, 0.6) is 5.75 Å². The van der Waals surface area contributed by atoms with Crippen molar-refractivity contribution in [3.05, 3.63) is 54.2 Å². The van der Waals surface area contributed by atoms with Gasteiger partial charge in [-0.2, -0.15) is 0 Å². The number of nitrogens with zero attached hydrogens (tertiary/aromatic N) is 1. The van der Waals surface area contributed by atoms with Gasteiger partial charge < -0.3 is 9.26 Å². The lowest BCUT2D eigenvalue weighted by Crippen LogP contribution is -1.92. The molecule has 3 nitrogen and oxygen atoms in total. The molecule has 0 saturated carbocycles. The number of halogens is 1. The molecule has 23 heavy (non-hydrogen) atoms. The molecule has 0 N–H and O–H groups in total. The molecular formula is C18H16FNO2S. The first-order valence-electron chi connectivity index (χ1n) is 7.06. The molecule has 0 radical (unpaired) electrons. The lowest BCUT2D eigenvalue weighted by atomic mass is 9.97. The molecule has 0 bridgehead atoms. The standard InChI is InChI=1S/C18H16FNO2S/c1-11-6-13(14-9-20-22-10-14)7-15(18(11)23-3)12-4-5-17(21-2)16(19)8-12/h4-10H,1-3H3. The van der Waals surface area contributed by atoms with E-state index in [1.807, 2.05) is 25.3 Å². The zero-order valence-electron chi connectivity index (χ0n) is 13.1. The highest BCUT2D eigenvalue weighted by molar-refractivity contribution is 7.98. The van der Waals surface area contributed by atoms with Crippen LogP contribution in [0.25, 0.3) is 22.3 Å². The molecule has 3 aromatic rings. The number of aryl methyl sites for hydroxylation is 1.